The van der Waals surface area contributed by atoms with Crippen molar-refractivity contribution in [2.45, 2.75) is 17.9 Å². The van der Waals surface area contributed by atoms with Crippen LogP contribution in [0.1, 0.15) is 17.3 Å². The quantitative estimate of drug-likeness (QED) is 0.618. The molecule has 5 N–H and O–H groups in total. The number of amides is 1. The van der Waals surface area contributed by atoms with Crippen LogP contribution in [0.5, 0.6) is 0 Å². The predicted octanol–water partition coefficient (Wildman–Crippen LogP) is -0.319. The number of rotatable bonds is 6. The van der Waals surface area contributed by atoms with Gasteiger partial charge in [-0.2, -0.15) is 0 Å². The summed E-state index contributed by atoms with van der Waals surface area (Å²) < 4.78 is 31.3. The molecular weight excluding hydrogens is 270 g/mol. The van der Waals surface area contributed by atoms with Gasteiger partial charge in [0.15, 0.2) is 0 Å². The molecule has 1 unspecified atom stereocenters. The van der Waals surface area contributed by atoms with Crippen LogP contribution >= 0.6 is 0 Å². The summed E-state index contributed by atoms with van der Waals surface area (Å²) in [7, 11) is -2.26. The minimum atomic E-state index is -3.75. The number of carbonyl (C=O) groups is 1. The number of nitrogen functional groups attached to an aromatic ring is 1. The molecule has 0 fully saturated rings. The fraction of sp³-hybridized carbons (Fsp3) is 0.364. The summed E-state index contributed by atoms with van der Waals surface area (Å²) in [5.74, 6) is -0.670. The Morgan fingerprint density at radius 2 is 2.11 bits per heavy atom. The number of hydrogen-bond acceptors (Lipinski definition) is 5. The number of sulfonamides is 1. The van der Waals surface area contributed by atoms with Crippen LogP contribution in [0.15, 0.2) is 23.1 Å². The van der Waals surface area contributed by atoms with Gasteiger partial charge in [0.1, 0.15) is 4.90 Å². The number of carbonyl (C=O) groups excluding carboxylic acids is 1. The van der Waals surface area contributed by atoms with Gasteiger partial charge in [0.2, 0.25) is 15.9 Å². The summed E-state index contributed by atoms with van der Waals surface area (Å²) >= 11 is 0. The molecule has 0 aromatic heterocycles. The molecule has 1 rings (SSSR count). The van der Waals surface area contributed by atoms with Crippen LogP contribution in [0, 0.1) is 0 Å². The first-order valence-corrected chi connectivity index (χ1v) is 6.98. The third kappa shape index (κ3) is 3.91. The lowest BCUT2D eigenvalue weighted by molar-refractivity contribution is 0.1000. The average Bonchev–Trinajstić information content (AvgIpc) is 2.35. The molecule has 7 nitrogen and oxygen atoms in total. The zero-order valence-corrected chi connectivity index (χ0v) is 11.5. The fourth-order valence-electron chi connectivity index (χ4n) is 1.33. The SMILES string of the molecule is COC(C)CNS(=O)(=O)c1ccc(C(N)=O)cc1N. The van der Waals surface area contributed by atoms with Crippen molar-refractivity contribution in [3.63, 3.8) is 0 Å². The summed E-state index contributed by atoms with van der Waals surface area (Å²) in [5.41, 5.74) is 10.8. The Bertz CT molecular complexity index is 571. The van der Waals surface area contributed by atoms with E-state index >= 15 is 0 Å². The van der Waals surface area contributed by atoms with Gasteiger partial charge in [0, 0.05) is 19.2 Å². The van der Waals surface area contributed by atoms with Crippen molar-refractivity contribution in [2.24, 2.45) is 5.73 Å². The van der Waals surface area contributed by atoms with E-state index in [1.165, 1.54) is 25.3 Å². The van der Waals surface area contributed by atoms with Gasteiger partial charge in [-0.25, -0.2) is 13.1 Å². The van der Waals surface area contributed by atoms with Crippen LogP contribution in [0.3, 0.4) is 0 Å². The molecule has 0 saturated heterocycles. The van der Waals surface area contributed by atoms with E-state index in [4.69, 9.17) is 16.2 Å². The lowest BCUT2D eigenvalue weighted by Gasteiger charge is -2.13. The highest BCUT2D eigenvalue weighted by atomic mass is 32.2. The summed E-state index contributed by atoms with van der Waals surface area (Å²) in [5, 5.41) is 0. The Kier molecular flexibility index (Phi) is 4.87. The van der Waals surface area contributed by atoms with E-state index in [1.807, 2.05) is 0 Å². The van der Waals surface area contributed by atoms with Crippen LogP contribution in [-0.4, -0.2) is 34.1 Å². The highest BCUT2D eigenvalue weighted by Crippen LogP contribution is 2.19. The van der Waals surface area contributed by atoms with Crippen molar-refractivity contribution in [1.82, 2.24) is 4.72 Å². The number of benzene rings is 1. The van der Waals surface area contributed by atoms with Crippen molar-refractivity contribution in [1.29, 1.82) is 0 Å². The number of hydrogen-bond donors (Lipinski definition) is 3. The highest BCUT2D eigenvalue weighted by molar-refractivity contribution is 7.89. The second kappa shape index (κ2) is 6.00. The average molecular weight is 287 g/mol. The molecule has 0 heterocycles. The summed E-state index contributed by atoms with van der Waals surface area (Å²) in [6.45, 7) is 1.85. The first-order valence-electron chi connectivity index (χ1n) is 5.49. The van der Waals surface area contributed by atoms with E-state index in [2.05, 4.69) is 4.72 Å². The summed E-state index contributed by atoms with van der Waals surface area (Å²) in [4.78, 5) is 10.9. The Morgan fingerprint density at radius 1 is 1.47 bits per heavy atom. The molecule has 0 aliphatic carbocycles. The molecule has 0 radical (unpaired) electrons. The van der Waals surface area contributed by atoms with Crippen molar-refractivity contribution in [3.05, 3.63) is 23.8 Å². The highest BCUT2D eigenvalue weighted by Gasteiger charge is 2.19. The third-order valence-corrected chi connectivity index (χ3v) is 4.04. The number of nitrogens with two attached hydrogens (primary N) is 2. The van der Waals surface area contributed by atoms with E-state index in [0.29, 0.717) is 0 Å². The van der Waals surface area contributed by atoms with Crippen LogP contribution in [0.25, 0.3) is 0 Å². The topological polar surface area (TPSA) is 125 Å². The van der Waals surface area contributed by atoms with Gasteiger partial charge in [-0.3, -0.25) is 4.79 Å². The van der Waals surface area contributed by atoms with Crippen LogP contribution in [0.2, 0.25) is 0 Å². The van der Waals surface area contributed by atoms with Gasteiger partial charge < -0.3 is 16.2 Å². The largest absolute Gasteiger partial charge is 0.398 e. The first kappa shape index (κ1) is 15.4. The number of primary amides is 1. The maximum Gasteiger partial charge on any atom is 0.248 e. The Hall–Kier alpha value is -1.64. The number of nitrogens with one attached hydrogen (secondary N) is 1. The van der Waals surface area contributed by atoms with Gasteiger partial charge >= 0.3 is 0 Å². The van der Waals surface area contributed by atoms with Crippen molar-refractivity contribution >= 4 is 21.6 Å². The number of ether oxygens (including phenoxy) is 1. The van der Waals surface area contributed by atoms with Gasteiger partial charge in [0.25, 0.3) is 0 Å². The molecule has 1 atom stereocenters. The normalized spacial score (nSPS) is 13.2. The van der Waals surface area contributed by atoms with Gasteiger partial charge in [0.05, 0.1) is 11.8 Å². The summed E-state index contributed by atoms with van der Waals surface area (Å²) in [6.07, 6.45) is -0.263. The molecule has 1 aromatic carbocycles. The second-order valence-electron chi connectivity index (χ2n) is 4.02. The molecule has 0 saturated carbocycles. The minimum Gasteiger partial charge on any atom is -0.398 e. The van der Waals surface area contributed by atoms with Crippen molar-refractivity contribution in [3.8, 4) is 0 Å². The Balaban J connectivity index is 2.99. The molecule has 0 spiro atoms. The smallest absolute Gasteiger partial charge is 0.248 e. The first-order chi connectivity index (χ1) is 8.77. The van der Waals surface area contributed by atoms with Gasteiger partial charge in [-0.05, 0) is 25.1 Å². The standard InChI is InChI=1S/C11H17N3O4S/c1-7(18-2)6-14-19(16,17)10-4-3-8(11(13)15)5-9(10)12/h3-5,7,14H,6,12H2,1-2H3,(H2,13,15). The third-order valence-electron chi connectivity index (χ3n) is 2.55. The van der Waals surface area contributed by atoms with Gasteiger partial charge in [-0.15, -0.1) is 0 Å². The molecule has 8 heteroatoms. The lowest BCUT2D eigenvalue weighted by atomic mass is 10.2. The molecule has 0 bridgehead atoms. The zero-order valence-electron chi connectivity index (χ0n) is 10.7. The molecule has 0 aliphatic rings. The lowest BCUT2D eigenvalue weighted by Crippen LogP contribution is -2.32. The fourth-order valence-corrected chi connectivity index (χ4v) is 2.56. The summed E-state index contributed by atoms with van der Waals surface area (Å²) in [6, 6.07) is 3.79. The molecule has 1 aromatic rings. The molecule has 19 heavy (non-hydrogen) atoms. The maximum atomic E-state index is 12.0. The van der Waals surface area contributed by atoms with E-state index in [-0.39, 0.29) is 28.8 Å². The predicted molar refractivity (Wildman–Crippen MR) is 71.0 cm³/mol. The Labute approximate surface area is 112 Å². The van der Waals surface area contributed by atoms with E-state index in [1.54, 1.807) is 6.92 Å². The van der Waals surface area contributed by atoms with Crippen LogP contribution < -0.4 is 16.2 Å². The second-order valence-corrected chi connectivity index (χ2v) is 5.75. The minimum absolute atomic E-state index is 0.0335. The molecule has 106 valence electrons. The molecular formula is C11H17N3O4S. The van der Waals surface area contributed by atoms with Gasteiger partial charge in [-0.1, -0.05) is 0 Å². The van der Waals surface area contributed by atoms with Crippen LogP contribution in [-0.2, 0) is 14.8 Å². The molecule has 1 amide bonds. The Morgan fingerprint density at radius 3 is 2.58 bits per heavy atom. The van der Waals surface area contributed by atoms with Crippen LogP contribution in [0.4, 0.5) is 5.69 Å². The van der Waals surface area contributed by atoms with E-state index < -0.39 is 15.9 Å². The monoisotopic (exact) mass is 287 g/mol. The zero-order chi connectivity index (χ0) is 14.6. The maximum absolute atomic E-state index is 12.0. The van der Waals surface area contributed by atoms with E-state index in [0.717, 1.165) is 0 Å². The van der Waals surface area contributed by atoms with Crippen molar-refractivity contribution < 1.29 is 17.9 Å². The number of anilines is 1. The molecule has 0 aliphatic heterocycles. The number of methoxy groups -OCH3 is 1. The van der Waals surface area contributed by atoms with E-state index in [9.17, 15) is 13.2 Å². The van der Waals surface area contributed by atoms with Crippen molar-refractivity contribution in [2.75, 3.05) is 19.4 Å².